The number of rotatable bonds is 6. The number of carbonyl (C=O) groups is 1. The number of hydrogen-bond donors (Lipinski definition) is 4. The van der Waals surface area contributed by atoms with Crippen molar-refractivity contribution in [3.05, 3.63) is 109 Å². The second-order valence-corrected chi connectivity index (χ2v) is 8.25. The first-order valence-corrected chi connectivity index (χ1v) is 11.2. The number of nitrogens with zero attached hydrogens (tertiary/aromatic N) is 2. The second kappa shape index (κ2) is 12.1. The number of aromatic nitrogens is 2. The molecule has 0 unspecified atom stereocenters. The number of hydrogen-bond acceptors (Lipinski definition) is 5. The summed E-state index contributed by atoms with van der Waals surface area (Å²) in [5.41, 5.74) is 12.4. The topological polar surface area (TPSA) is 96.0 Å². The Labute approximate surface area is 227 Å². The highest BCUT2D eigenvalue weighted by Crippen LogP contribution is 2.27. The zero-order valence-corrected chi connectivity index (χ0v) is 21.6. The van der Waals surface area contributed by atoms with E-state index in [0.29, 0.717) is 16.9 Å². The number of carbonyl (C=O) groups excluding carboxylic acids is 1. The number of halogens is 2. The summed E-state index contributed by atoms with van der Waals surface area (Å²) in [5.74, 6) is -0.176. The van der Waals surface area contributed by atoms with E-state index in [-0.39, 0.29) is 30.7 Å². The summed E-state index contributed by atoms with van der Waals surface area (Å²) in [4.78, 5) is 17.2. The SMILES string of the molecule is C[n+]1ccc(Nc2cccc(C(=O)Nc3ccc(Nc4ccnc5ccc(N)cc45)cc3)c2)cc1.Cl.[Cl-]. The molecule has 2 heterocycles. The van der Waals surface area contributed by atoms with Crippen molar-refractivity contribution in [1.82, 2.24) is 4.98 Å². The van der Waals surface area contributed by atoms with Gasteiger partial charge in [0.05, 0.1) is 11.2 Å². The third kappa shape index (κ3) is 6.67. The van der Waals surface area contributed by atoms with Crippen molar-refractivity contribution >= 4 is 63.3 Å². The van der Waals surface area contributed by atoms with Crippen LogP contribution in [0.1, 0.15) is 10.4 Å². The maximum absolute atomic E-state index is 12.8. The van der Waals surface area contributed by atoms with Gasteiger partial charge in [0.25, 0.3) is 5.91 Å². The molecule has 1 amide bonds. The summed E-state index contributed by atoms with van der Waals surface area (Å²) in [7, 11) is 1.97. The smallest absolute Gasteiger partial charge is 0.255 e. The molecule has 37 heavy (non-hydrogen) atoms. The van der Waals surface area contributed by atoms with Gasteiger partial charge >= 0.3 is 0 Å². The van der Waals surface area contributed by atoms with Crippen LogP contribution in [0.3, 0.4) is 0 Å². The minimum absolute atomic E-state index is 0. The predicted molar refractivity (Wildman–Crippen MR) is 148 cm³/mol. The Morgan fingerprint density at radius 2 is 1.51 bits per heavy atom. The van der Waals surface area contributed by atoms with E-state index in [2.05, 4.69) is 20.9 Å². The van der Waals surface area contributed by atoms with Gasteiger partial charge in [0, 0.05) is 57.7 Å². The van der Waals surface area contributed by atoms with Gasteiger partial charge in [0.15, 0.2) is 12.4 Å². The molecule has 0 saturated heterocycles. The molecule has 5 rings (SSSR count). The Morgan fingerprint density at radius 1 is 0.811 bits per heavy atom. The molecule has 5 aromatic rings. The standard InChI is InChI=1S/C28H24N6O.2ClH/c1-34-15-12-23(13-16-34)31-24-4-2-3-19(17-24)28(35)33-22-8-6-21(7-9-22)32-27-11-14-30-26-10-5-20(29)18-25(26)27;;/h2-18H,29H2,1H3,(H2,30,32,33,35);2*1H. The zero-order valence-electron chi connectivity index (χ0n) is 20.0. The lowest BCUT2D eigenvalue weighted by Gasteiger charge is -2.12. The van der Waals surface area contributed by atoms with Gasteiger partial charge in [0.1, 0.15) is 7.05 Å². The molecule has 188 valence electrons. The molecule has 5 N–H and O–H groups in total. The number of pyridine rings is 2. The first-order chi connectivity index (χ1) is 17.0. The Kier molecular flexibility index (Phi) is 8.90. The zero-order chi connectivity index (χ0) is 24.2. The van der Waals surface area contributed by atoms with Crippen LogP contribution in [0.25, 0.3) is 10.9 Å². The van der Waals surface area contributed by atoms with Gasteiger partial charge < -0.3 is 34.1 Å². The van der Waals surface area contributed by atoms with E-state index in [0.717, 1.165) is 33.7 Å². The van der Waals surface area contributed by atoms with Gasteiger partial charge in [-0.2, -0.15) is 0 Å². The summed E-state index contributed by atoms with van der Waals surface area (Å²) in [5, 5.41) is 10.6. The lowest BCUT2D eigenvalue weighted by Crippen LogP contribution is -3.00. The summed E-state index contributed by atoms with van der Waals surface area (Å²) < 4.78 is 1.96. The minimum Gasteiger partial charge on any atom is -1.00 e. The van der Waals surface area contributed by atoms with Crippen LogP contribution in [0, 0.1) is 0 Å². The van der Waals surface area contributed by atoms with Crippen molar-refractivity contribution in [3.63, 3.8) is 0 Å². The first kappa shape index (κ1) is 27.3. The van der Waals surface area contributed by atoms with Crippen molar-refractivity contribution in [2.24, 2.45) is 7.05 Å². The number of nitrogens with two attached hydrogens (primary N) is 1. The highest BCUT2D eigenvalue weighted by atomic mass is 35.5. The third-order valence-electron chi connectivity index (χ3n) is 5.58. The fourth-order valence-corrected chi connectivity index (χ4v) is 3.76. The van der Waals surface area contributed by atoms with Gasteiger partial charge in [-0.15, -0.1) is 12.4 Å². The molecule has 0 aliphatic carbocycles. The molecule has 3 aromatic carbocycles. The van der Waals surface area contributed by atoms with E-state index in [1.54, 1.807) is 12.3 Å². The number of benzene rings is 3. The van der Waals surface area contributed by atoms with Crippen molar-refractivity contribution in [3.8, 4) is 0 Å². The van der Waals surface area contributed by atoms with Gasteiger partial charge in [0.2, 0.25) is 0 Å². The number of anilines is 6. The highest BCUT2D eigenvalue weighted by Gasteiger charge is 2.08. The molecular weight excluding hydrogens is 507 g/mol. The van der Waals surface area contributed by atoms with Crippen LogP contribution in [0.15, 0.2) is 104 Å². The van der Waals surface area contributed by atoms with E-state index in [4.69, 9.17) is 5.73 Å². The molecule has 9 heteroatoms. The van der Waals surface area contributed by atoms with Crippen LogP contribution in [-0.4, -0.2) is 10.9 Å². The molecule has 0 bridgehead atoms. The number of amides is 1. The number of aryl methyl sites for hydroxylation is 1. The van der Waals surface area contributed by atoms with Gasteiger partial charge in [-0.05, 0) is 66.7 Å². The van der Waals surface area contributed by atoms with Gasteiger partial charge in [-0.1, -0.05) is 6.07 Å². The number of nitrogens with one attached hydrogen (secondary N) is 3. The van der Waals surface area contributed by atoms with Crippen LogP contribution in [0.2, 0.25) is 0 Å². The summed E-state index contributed by atoms with van der Waals surface area (Å²) in [6, 6.07) is 26.5. The van der Waals surface area contributed by atoms with E-state index < -0.39 is 0 Å². The molecule has 2 aromatic heterocycles. The molecule has 0 fully saturated rings. The third-order valence-corrected chi connectivity index (χ3v) is 5.58. The normalized spacial score (nSPS) is 10.1. The monoisotopic (exact) mass is 532 g/mol. The Hall–Kier alpha value is -4.33. The average molecular weight is 533 g/mol. The van der Waals surface area contributed by atoms with E-state index in [1.165, 1.54) is 0 Å². The van der Waals surface area contributed by atoms with Crippen LogP contribution in [0.4, 0.5) is 34.1 Å². The Morgan fingerprint density at radius 3 is 2.27 bits per heavy atom. The fourth-order valence-electron chi connectivity index (χ4n) is 3.76. The van der Waals surface area contributed by atoms with Gasteiger partial charge in [-0.3, -0.25) is 9.78 Å². The maximum atomic E-state index is 12.8. The first-order valence-electron chi connectivity index (χ1n) is 11.2. The number of nitrogen functional groups attached to an aromatic ring is 1. The molecule has 0 aliphatic heterocycles. The predicted octanol–water partition coefficient (Wildman–Crippen LogP) is 2.81. The number of fused-ring (bicyclic) bond motifs is 1. The molecule has 0 saturated carbocycles. The molecule has 0 radical (unpaired) electrons. The molecular formula is C28H26Cl2N6O. The molecule has 0 aliphatic rings. The Balaban J connectivity index is 0.00000190. The van der Waals surface area contributed by atoms with Gasteiger partial charge in [-0.25, -0.2) is 4.57 Å². The van der Waals surface area contributed by atoms with E-state index >= 15 is 0 Å². The quantitative estimate of drug-likeness (QED) is 0.199. The highest BCUT2D eigenvalue weighted by molar-refractivity contribution is 6.05. The van der Waals surface area contributed by atoms with Crippen molar-refractivity contribution in [2.75, 3.05) is 21.7 Å². The summed E-state index contributed by atoms with van der Waals surface area (Å²) in [6.07, 6.45) is 5.68. The van der Waals surface area contributed by atoms with Crippen LogP contribution >= 0.6 is 12.4 Å². The van der Waals surface area contributed by atoms with Crippen molar-refractivity contribution < 1.29 is 21.8 Å². The minimum atomic E-state index is -0.176. The van der Waals surface area contributed by atoms with Crippen LogP contribution in [-0.2, 0) is 7.05 Å². The fraction of sp³-hybridized carbons (Fsp3) is 0.0357. The lowest BCUT2D eigenvalue weighted by atomic mass is 10.1. The second-order valence-electron chi connectivity index (χ2n) is 8.25. The largest absolute Gasteiger partial charge is 1.00 e. The van der Waals surface area contributed by atoms with E-state index in [1.807, 2.05) is 103 Å². The molecule has 0 spiro atoms. The maximum Gasteiger partial charge on any atom is 0.255 e. The van der Waals surface area contributed by atoms with Crippen molar-refractivity contribution in [1.29, 1.82) is 0 Å². The van der Waals surface area contributed by atoms with E-state index in [9.17, 15) is 4.79 Å². The van der Waals surface area contributed by atoms with Crippen molar-refractivity contribution in [2.45, 2.75) is 0 Å². The summed E-state index contributed by atoms with van der Waals surface area (Å²) >= 11 is 0. The molecule has 7 nitrogen and oxygen atoms in total. The van der Waals surface area contributed by atoms with Crippen LogP contribution < -0.4 is 38.7 Å². The average Bonchev–Trinajstić information content (AvgIpc) is 2.87. The lowest BCUT2D eigenvalue weighted by molar-refractivity contribution is -0.671. The Bertz CT molecular complexity index is 1510. The van der Waals surface area contributed by atoms with Crippen LogP contribution in [0.5, 0.6) is 0 Å². The summed E-state index contributed by atoms with van der Waals surface area (Å²) in [6.45, 7) is 0. The molecule has 0 atom stereocenters.